The van der Waals surface area contributed by atoms with E-state index in [0.717, 1.165) is 42.9 Å². The van der Waals surface area contributed by atoms with Crippen molar-refractivity contribution in [3.05, 3.63) is 42.2 Å². The Kier molecular flexibility index (Phi) is 5.70. The number of carbonyl (C=O) groups is 1. The van der Waals surface area contributed by atoms with Gasteiger partial charge in [0.05, 0.1) is 13.2 Å². The standard InChI is InChI=1S/C19H22F2N6O2/c20-14-9-15(21)11-16(10-14)24-19(28)27-3-1-25(2-4-27)17-12-18(23-13-22-17)26-5-7-29-8-6-26/h9-13H,1-8H2,(H,24,28). The van der Waals surface area contributed by atoms with Crippen molar-refractivity contribution in [1.82, 2.24) is 14.9 Å². The first-order chi connectivity index (χ1) is 14.1. The zero-order chi connectivity index (χ0) is 20.2. The van der Waals surface area contributed by atoms with Crippen LogP contribution in [0.1, 0.15) is 0 Å². The van der Waals surface area contributed by atoms with Crippen molar-refractivity contribution in [3.8, 4) is 0 Å². The van der Waals surface area contributed by atoms with Gasteiger partial charge in [-0.25, -0.2) is 23.5 Å². The summed E-state index contributed by atoms with van der Waals surface area (Å²) >= 11 is 0. The maximum atomic E-state index is 13.3. The molecule has 2 aliphatic rings. The number of aromatic nitrogens is 2. The van der Waals surface area contributed by atoms with Gasteiger partial charge in [-0.05, 0) is 12.1 Å². The van der Waals surface area contributed by atoms with Crippen molar-refractivity contribution < 1.29 is 18.3 Å². The van der Waals surface area contributed by atoms with Gasteiger partial charge in [0, 0.05) is 57.1 Å². The van der Waals surface area contributed by atoms with E-state index in [1.165, 1.54) is 0 Å². The molecule has 4 rings (SSSR count). The fourth-order valence-corrected chi connectivity index (χ4v) is 3.44. The van der Waals surface area contributed by atoms with Gasteiger partial charge in [-0.2, -0.15) is 0 Å². The number of ether oxygens (including phenoxy) is 1. The summed E-state index contributed by atoms with van der Waals surface area (Å²) in [7, 11) is 0. The Hall–Kier alpha value is -3.01. The largest absolute Gasteiger partial charge is 0.378 e. The van der Waals surface area contributed by atoms with E-state index in [-0.39, 0.29) is 11.7 Å². The number of piperazine rings is 1. The topological polar surface area (TPSA) is 73.8 Å². The van der Waals surface area contributed by atoms with E-state index in [4.69, 9.17) is 4.74 Å². The maximum Gasteiger partial charge on any atom is 0.321 e. The minimum atomic E-state index is -0.732. The summed E-state index contributed by atoms with van der Waals surface area (Å²) in [6.45, 7) is 5.11. The number of hydrogen-bond donors (Lipinski definition) is 1. The Balaban J connectivity index is 1.35. The number of hydrogen-bond acceptors (Lipinski definition) is 6. The zero-order valence-corrected chi connectivity index (χ0v) is 15.9. The average Bonchev–Trinajstić information content (AvgIpc) is 2.74. The SMILES string of the molecule is O=C(Nc1cc(F)cc(F)c1)N1CCN(c2cc(N3CCOCC3)ncn2)CC1. The molecule has 8 nitrogen and oxygen atoms in total. The second kappa shape index (κ2) is 8.56. The number of morpholine rings is 1. The average molecular weight is 404 g/mol. The molecule has 2 aromatic rings. The van der Waals surface area contributed by atoms with Crippen LogP contribution in [-0.2, 0) is 4.74 Å². The van der Waals surface area contributed by atoms with Crippen LogP contribution in [0.4, 0.5) is 30.9 Å². The minimum Gasteiger partial charge on any atom is -0.378 e. The van der Waals surface area contributed by atoms with Crippen LogP contribution in [0.5, 0.6) is 0 Å². The van der Waals surface area contributed by atoms with Gasteiger partial charge < -0.3 is 24.8 Å². The summed E-state index contributed by atoms with van der Waals surface area (Å²) in [4.78, 5) is 27.0. The number of anilines is 3. The molecule has 1 aromatic heterocycles. The quantitative estimate of drug-likeness (QED) is 0.843. The lowest BCUT2D eigenvalue weighted by Gasteiger charge is -2.35. The van der Waals surface area contributed by atoms with Crippen LogP contribution in [0, 0.1) is 11.6 Å². The van der Waals surface area contributed by atoms with Gasteiger partial charge in [0.1, 0.15) is 29.6 Å². The number of rotatable bonds is 3. The van der Waals surface area contributed by atoms with E-state index < -0.39 is 11.6 Å². The van der Waals surface area contributed by atoms with Gasteiger partial charge in [-0.3, -0.25) is 0 Å². The number of benzene rings is 1. The van der Waals surface area contributed by atoms with Crippen molar-refractivity contribution in [1.29, 1.82) is 0 Å². The molecule has 10 heteroatoms. The third-order valence-electron chi connectivity index (χ3n) is 4.98. The molecular weight excluding hydrogens is 382 g/mol. The van der Waals surface area contributed by atoms with Gasteiger partial charge in [-0.15, -0.1) is 0 Å². The van der Waals surface area contributed by atoms with Crippen molar-refractivity contribution in [3.63, 3.8) is 0 Å². The third-order valence-corrected chi connectivity index (χ3v) is 4.98. The predicted molar refractivity (Wildman–Crippen MR) is 104 cm³/mol. The van der Waals surface area contributed by atoms with Crippen LogP contribution in [0.25, 0.3) is 0 Å². The molecule has 0 bridgehead atoms. The number of carbonyl (C=O) groups excluding carboxylic acids is 1. The van der Waals surface area contributed by atoms with Crippen LogP contribution in [0.3, 0.4) is 0 Å². The molecule has 2 aliphatic heterocycles. The van der Waals surface area contributed by atoms with Crippen molar-refractivity contribution in [2.75, 3.05) is 67.6 Å². The van der Waals surface area contributed by atoms with Gasteiger partial charge in [0.25, 0.3) is 0 Å². The summed E-state index contributed by atoms with van der Waals surface area (Å²) in [6, 6.07) is 4.51. The Morgan fingerprint density at radius 1 is 0.862 bits per heavy atom. The van der Waals surface area contributed by atoms with Crippen molar-refractivity contribution in [2.45, 2.75) is 0 Å². The highest BCUT2D eigenvalue weighted by molar-refractivity contribution is 5.89. The fourth-order valence-electron chi connectivity index (χ4n) is 3.44. The van der Waals surface area contributed by atoms with E-state index in [9.17, 15) is 13.6 Å². The first-order valence-electron chi connectivity index (χ1n) is 9.50. The Bertz CT molecular complexity index is 849. The molecule has 0 aliphatic carbocycles. The van der Waals surface area contributed by atoms with Crippen LogP contribution in [0.2, 0.25) is 0 Å². The van der Waals surface area contributed by atoms with Crippen molar-refractivity contribution >= 4 is 23.4 Å². The summed E-state index contributed by atoms with van der Waals surface area (Å²) in [6.07, 6.45) is 1.55. The van der Waals surface area contributed by atoms with Gasteiger partial charge in [-0.1, -0.05) is 0 Å². The first kappa shape index (κ1) is 19.3. The van der Waals surface area contributed by atoms with Crippen LogP contribution in [-0.4, -0.2) is 73.4 Å². The van der Waals surface area contributed by atoms with E-state index in [1.807, 2.05) is 6.07 Å². The second-order valence-corrected chi connectivity index (χ2v) is 6.90. The van der Waals surface area contributed by atoms with E-state index in [2.05, 4.69) is 25.1 Å². The van der Waals surface area contributed by atoms with Gasteiger partial charge in [0.15, 0.2) is 0 Å². The summed E-state index contributed by atoms with van der Waals surface area (Å²) in [5.41, 5.74) is 0.0980. The van der Waals surface area contributed by atoms with Crippen LogP contribution >= 0.6 is 0 Å². The number of nitrogens with one attached hydrogen (secondary N) is 1. The Morgan fingerprint density at radius 2 is 1.45 bits per heavy atom. The Morgan fingerprint density at radius 3 is 2.07 bits per heavy atom. The first-order valence-corrected chi connectivity index (χ1v) is 9.50. The minimum absolute atomic E-state index is 0.0980. The van der Waals surface area contributed by atoms with Gasteiger partial charge in [0.2, 0.25) is 0 Å². The molecule has 0 atom stereocenters. The lowest BCUT2D eigenvalue weighted by atomic mass is 10.3. The lowest BCUT2D eigenvalue weighted by Crippen LogP contribution is -2.50. The maximum absolute atomic E-state index is 13.3. The number of urea groups is 1. The van der Waals surface area contributed by atoms with Crippen LogP contribution < -0.4 is 15.1 Å². The number of nitrogens with zero attached hydrogens (tertiary/aromatic N) is 5. The molecule has 29 heavy (non-hydrogen) atoms. The van der Waals surface area contributed by atoms with Crippen molar-refractivity contribution in [2.24, 2.45) is 0 Å². The second-order valence-electron chi connectivity index (χ2n) is 6.90. The van der Waals surface area contributed by atoms with Crippen LogP contribution in [0.15, 0.2) is 30.6 Å². The third kappa shape index (κ3) is 4.70. The molecule has 0 radical (unpaired) electrons. The molecule has 1 N–H and O–H groups in total. The summed E-state index contributed by atoms with van der Waals surface area (Å²) < 4.78 is 32.0. The summed E-state index contributed by atoms with van der Waals surface area (Å²) in [5, 5.41) is 2.54. The molecule has 0 spiro atoms. The van der Waals surface area contributed by atoms with E-state index in [0.29, 0.717) is 39.4 Å². The summed E-state index contributed by atoms with van der Waals surface area (Å²) in [5.74, 6) is 0.218. The molecule has 1 aromatic carbocycles. The van der Waals surface area contributed by atoms with E-state index in [1.54, 1.807) is 11.2 Å². The fraction of sp³-hybridized carbons (Fsp3) is 0.421. The molecule has 0 saturated carbocycles. The number of halogens is 2. The highest BCUT2D eigenvalue weighted by Crippen LogP contribution is 2.20. The zero-order valence-electron chi connectivity index (χ0n) is 15.9. The lowest BCUT2D eigenvalue weighted by molar-refractivity contribution is 0.122. The monoisotopic (exact) mass is 404 g/mol. The Labute approximate surface area is 167 Å². The highest BCUT2D eigenvalue weighted by atomic mass is 19.1. The molecule has 0 unspecified atom stereocenters. The molecule has 2 saturated heterocycles. The molecule has 2 amide bonds. The predicted octanol–water partition coefficient (Wildman–Crippen LogP) is 1.95. The molecule has 3 heterocycles. The molecular formula is C19H22F2N6O2. The normalized spacial score (nSPS) is 17.4. The molecule has 2 fully saturated rings. The van der Waals surface area contributed by atoms with E-state index >= 15 is 0 Å². The molecule has 154 valence electrons. The number of amides is 2. The smallest absolute Gasteiger partial charge is 0.321 e. The highest BCUT2D eigenvalue weighted by Gasteiger charge is 2.23. The van der Waals surface area contributed by atoms with Gasteiger partial charge >= 0.3 is 6.03 Å².